The number of allylic oxidation sites excluding steroid dienone is 2. The van der Waals surface area contributed by atoms with Gasteiger partial charge in [0.1, 0.15) is 11.5 Å². The first-order valence-corrected chi connectivity index (χ1v) is 10.3. The lowest BCUT2D eigenvalue weighted by atomic mass is 9.72. The highest BCUT2D eigenvalue weighted by Gasteiger charge is 2.45. The highest BCUT2D eigenvalue weighted by Crippen LogP contribution is 2.45. The first-order chi connectivity index (χ1) is 13.4. The van der Waals surface area contributed by atoms with Crippen molar-refractivity contribution in [1.82, 2.24) is 14.8 Å². The lowest BCUT2D eigenvalue weighted by Crippen LogP contribution is -2.42. The number of carbonyl (C=O) groups excluding carboxylic acids is 1. The second kappa shape index (κ2) is 7.13. The molecule has 1 aliphatic heterocycles. The van der Waals surface area contributed by atoms with Crippen LogP contribution >= 0.6 is 11.8 Å². The van der Waals surface area contributed by atoms with Gasteiger partial charge in [0, 0.05) is 17.9 Å². The van der Waals surface area contributed by atoms with Crippen LogP contribution in [-0.4, -0.2) is 33.4 Å². The van der Waals surface area contributed by atoms with E-state index in [2.05, 4.69) is 36.8 Å². The average Bonchev–Trinajstić information content (AvgIpc) is 3.06. The van der Waals surface area contributed by atoms with Crippen molar-refractivity contribution in [3.05, 3.63) is 54.3 Å². The molecule has 146 valence electrons. The molecular formula is C21H24N4O2S. The fraction of sp³-hybridized carbons (Fsp3) is 0.381. The Balaban J connectivity index is 1.83. The number of aromatic nitrogens is 3. The number of carbonyl (C=O) groups is 1. The summed E-state index contributed by atoms with van der Waals surface area (Å²) in [6, 6.07) is 7.61. The predicted octanol–water partition coefficient (Wildman–Crippen LogP) is 4.08. The number of nitrogens with zero attached hydrogens (tertiary/aromatic N) is 3. The van der Waals surface area contributed by atoms with Gasteiger partial charge in [0.25, 0.3) is 0 Å². The molecule has 6 nitrogen and oxygen atoms in total. The number of hydrogen-bond acceptors (Lipinski definition) is 6. The van der Waals surface area contributed by atoms with Gasteiger partial charge in [-0.3, -0.25) is 4.79 Å². The van der Waals surface area contributed by atoms with E-state index < -0.39 is 0 Å². The zero-order valence-corrected chi connectivity index (χ0v) is 17.1. The normalized spacial score (nSPS) is 22.5. The maximum absolute atomic E-state index is 13.2. The summed E-state index contributed by atoms with van der Waals surface area (Å²) in [6.45, 7) is 7.93. The third-order valence-corrected chi connectivity index (χ3v) is 5.93. The number of ether oxygens (including phenoxy) is 1. The number of fused-ring (bicyclic) bond motifs is 2. The van der Waals surface area contributed by atoms with Crippen LogP contribution in [0, 0.1) is 11.3 Å². The van der Waals surface area contributed by atoms with E-state index in [0.29, 0.717) is 17.5 Å². The quantitative estimate of drug-likeness (QED) is 0.607. The maximum Gasteiger partial charge on any atom is 0.227 e. The number of nitrogens with one attached hydrogen (secondary N) is 1. The number of rotatable bonds is 5. The van der Waals surface area contributed by atoms with Crippen molar-refractivity contribution in [2.75, 3.05) is 18.2 Å². The molecule has 2 aliphatic rings. The van der Waals surface area contributed by atoms with Crippen LogP contribution in [0.25, 0.3) is 0 Å². The van der Waals surface area contributed by atoms with E-state index >= 15 is 0 Å². The zero-order valence-electron chi connectivity index (χ0n) is 16.3. The van der Waals surface area contributed by atoms with Gasteiger partial charge in [0.2, 0.25) is 11.1 Å². The molecular weight excluding hydrogens is 372 g/mol. The van der Waals surface area contributed by atoms with E-state index in [4.69, 9.17) is 9.84 Å². The van der Waals surface area contributed by atoms with Crippen molar-refractivity contribution in [2.24, 2.45) is 11.3 Å². The fourth-order valence-electron chi connectivity index (χ4n) is 3.94. The van der Waals surface area contributed by atoms with Crippen LogP contribution in [0.2, 0.25) is 0 Å². The van der Waals surface area contributed by atoms with E-state index in [1.165, 1.54) is 11.8 Å². The molecule has 2 aromatic rings. The van der Waals surface area contributed by atoms with Gasteiger partial charge in [-0.25, -0.2) is 4.68 Å². The molecule has 2 heterocycles. The molecule has 0 unspecified atom stereocenters. The minimum atomic E-state index is -0.298. The molecule has 1 aliphatic carbocycles. The predicted molar refractivity (Wildman–Crippen MR) is 111 cm³/mol. The highest BCUT2D eigenvalue weighted by molar-refractivity contribution is 7.99. The molecule has 0 bridgehead atoms. The molecule has 0 radical (unpaired) electrons. The first-order valence-electron chi connectivity index (χ1n) is 9.28. The third kappa shape index (κ3) is 3.35. The zero-order chi connectivity index (χ0) is 19.9. The molecule has 7 heteroatoms. The second-order valence-electron chi connectivity index (χ2n) is 7.81. The first kappa shape index (κ1) is 18.8. The summed E-state index contributed by atoms with van der Waals surface area (Å²) < 4.78 is 7.14. The number of Topliss-reactive ketones (excluding diaryl/α,β-unsaturated/α-hetero) is 1. The molecule has 2 atom stereocenters. The largest absolute Gasteiger partial charge is 0.497 e. The second-order valence-corrected chi connectivity index (χ2v) is 8.80. The molecule has 0 amide bonds. The lowest BCUT2D eigenvalue weighted by molar-refractivity contribution is -0.125. The standard InChI is InChI=1S/C21H24N4O2S/c1-5-10-28-20-23-19-22-15-11-21(2,3)12-16(26)17(15)18(25(19)24-20)13-6-8-14(27-4)9-7-13/h5-9,11,17-18H,1,10,12H2,2-4H3,(H,22,23,24)/t17-,18-/m0/s1. The van der Waals surface area contributed by atoms with Crippen molar-refractivity contribution < 1.29 is 9.53 Å². The van der Waals surface area contributed by atoms with Crippen LogP contribution in [-0.2, 0) is 4.79 Å². The van der Waals surface area contributed by atoms with Crippen molar-refractivity contribution in [3.8, 4) is 5.75 Å². The third-order valence-electron chi connectivity index (χ3n) is 5.09. The number of benzene rings is 1. The van der Waals surface area contributed by atoms with Gasteiger partial charge in [-0.2, -0.15) is 4.98 Å². The van der Waals surface area contributed by atoms with Gasteiger partial charge in [0.05, 0.1) is 19.1 Å². The fourth-order valence-corrected chi connectivity index (χ4v) is 4.50. The Morgan fingerprint density at radius 1 is 1.39 bits per heavy atom. The summed E-state index contributed by atoms with van der Waals surface area (Å²) in [5.41, 5.74) is 1.75. The smallest absolute Gasteiger partial charge is 0.227 e. The van der Waals surface area contributed by atoms with Gasteiger partial charge < -0.3 is 10.1 Å². The minimum absolute atomic E-state index is 0.178. The number of thioether (sulfide) groups is 1. The van der Waals surface area contributed by atoms with Crippen molar-refractivity contribution >= 4 is 23.5 Å². The van der Waals surface area contributed by atoms with Crippen LogP contribution in [0.3, 0.4) is 0 Å². The molecule has 0 saturated carbocycles. The molecule has 0 spiro atoms. The molecule has 1 aromatic carbocycles. The monoisotopic (exact) mass is 396 g/mol. The van der Waals surface area contributed by atoms with Gasteiger partial charge in [-0.05, 0) is 23.1 Å². The summed E-state index contributed by atoms with van der Waals surface area (Å²) in [4.78, 5) is 17.8. The van der Waals surface area contributed by atoms with Crippen LogP contribution < -0.4 is 10.1 Å². The van der Waals surface area contributed by atoms with E-state index in [9.17, 15) is 4.79 Å². The van der Waals surface area contributed by atoms with E-state index in [0.717, 1.165) is 22.8 Å². The molecule has 0 fully saturated rings. The number of hydrogen-bond donors (Lipinski definition) is 1. The summed E-state index contributed by atoms with van der Waals surface area (Å²) in [6.07, 6.45) is 4.51. The van der Waals surface area contributed by atoms with Crippen LogP contribution in [0.5, 0.6) is 5.75 Å². The summed E-state index contributed by atoms with van der Waals surface area (Å²) >= 11 is 1.53. The molecule has 4 rings (SSSR count). The van der Waals surface area contributed by atoms with Gasteiger partial charge in [-0.1, -0.05) is 49.9 Å². The highest BCUT2D eigenvalue weighted by atomic mass is 32.2. The number of methoxy groups -OCH3 is 1. The SMILES string of the molecule is C=CCSc1nc2n(n1)[C@@H](c1ccc(OC)cc1)[C@@H]1C(=O)CC(C)(C)C=C1N2. The van der Waals surface area contributed by atoms with E-state index in [1.54, 1.807) is 7.11 Å². The van der Waals surface area contributed by atoms with E-state index in [-0.39, 0.29) is 23.2 Å². The topological polar surface area (TPSA) is 69.0 Å². The van der Waals surface area contributed by atoms with Gasteiger partial charge >= 0.3 is 0 Å². The Kier molecular flexibility index (Phi) is 4.79. The Hall–Kier alpha value is -2.54. The Morgan fingerprint density at radius 2 is 2.14 bits per heavy atom. The summed E-state index contributed by atoms with van der Waals surface area (Å²) in [5.74, 6) is 2.10. The van der Waals surface area contributed by atoms with Gasteiger partial charge in [-0.15, -0.1) is 11.7 Å². The Labute approximate surface area is 169 Å². The van der Waals surface area contributed by atoms with Crippen molar-refractivity contribution in [1.29, 1.82) is 0 Å². The molecule has 1 aromatic heterocycles. The van der Waals surface area contributed by atoms with Crippen LogP contribution in [0.4, 0.5) is 5.95 Å². The maximum atomic E-state index is 13.2. The molecule has 1 N–H and O–H groups in total. The number of ketones is 1. The van der Waals surface area contributed by atoms with Crippen molar-refractivity contribution in [3.63, 3.8) is 0 Å². The van der Waals surface area contributed by atoms with E-state index in [1.807, 2.05) is 35.0 Å². The number of anilines is 1. The van der Waals surface area contributed by atoms with Crippen LogP contribution in [0.1, 0.15) is 31.9 Å². The lowest BCUT2D eigenvalue weighted by Gasteiger charge is -2.40. The van der Waals surface area contributed by atoms with Crippen LogP contribution in [0.15, 0.2) is 53.8 Å². The van der Waals surface area contributed by atoms with Crippen molar-refractivity contribution in [2.45, 2.75) is 31.5 Å². The summed E-state index contributed by atoms with van der Waals surface area (Å²) in [5, 5.41) is 8.74. The minimum Gasteiger partial charge on any atom is -0.497 e. The average molecular weight is 397 g/mol. The Bertz CT molecular complexity index is 946. The summed E-state index contributed by atoms with van der Waals surface area (Å²) in [7, 11) is 1.64. The van der Waals surface area contributed by atoms with Gasteiger partial charge in [0.15, 0.2) is 0 Å². The molecule has 28 heavy (non-hydrogen) atoms. The Morgan fingerprint density at radius 3 is 2.82 bits per heavy atom. The molecule has 0 saturated heterocycles.